The second kappa shape index (κ2) is 6.16. The van der Waals surface area contributed by atoms with E-state index in [1.54, 1.807) is 36.5 Å². The molecule has 4 rings (SSSR count). The number of H-pyrrole nitrogens is 1. The summed E-state index contributed by atoms with van der Waals surface area (Å²) in [5.74, 6) is -0.571. The molecule has 0 radical (unpaired) electrons. The molecular weight excluding hydrogens is 319 g/mol. The summed E-state index contributed by atoms with van der Waals surface area (Å²) < 4.78 is 13.5. The van der Waals surface area contributed by atoms with Crippen molar-refractivity contribution >= 4 is 22.5 Å². The van der Waals surface area contributed by atoms with Crippen LogP contribution in [-0.4, -0.2) is 21.1 Å². The molecule has 2 heterocycles. The van der Waals surface area contributed by atoms with Crippen LogP contribution >= 0.6 is 0 Å². The van der Waals surface area contributed by atoms with E-state index in [-0.39, 0.29) is 11.7 Å². The third-order valence-electron chi connectivity index (χ3n) is 3.84. The first-order valence-corrected chi connectivity index (χ1v) is 7.66. The number of halogens is 1. The van der Waals surface area contributed by atoms with Crippen molar-refractivity contribution in [3.63, 3.8) is 0 Å². The minimum absolute atomic E-state index is 0.247. The van der Waals surface area contributed by atoms with Crippen LogP contribution in [-0.2, 0) is 0 Å². The molecule has 0 bridgehead atoms. The van der Waals surface area contributed by atoms with Crippen LogP contribution < -0.4 is 5.32 Å². The molecule has 2 aromatic heterocycles. The first-order chi connectivity index (χ1) is 12.2. The summed E-state index contributed by atoms with van der Waals surface area (Å²) in [6, 6.07) is 15.1. The van der Waals surface area contributed by atoms with Gasteiger partial charge in [-0.05, 0) is 42.5 Å². The van der Waals surface area contributed by atoms with Gasteiger partial charge in [-0.3, -0.25) is 14.9 Å². The lowest BCUT2D eigenvalue weighted by Crippen LogP contribution is -2.11. The van der Waals surface area contributed by atoms with Crippen molar-refractivity contribution in [2.75, 3.05) is 5.32 Å². The number of amides is 1. The Hall–Kier alpha value is -3.54. The number of aromatic nitrogens is 3. The van der Waals surface area contributed by atoms with Gasteiger partial charge in [0.1, 0.15) is 11.5 Å². The van der Waals surface area contributed by atoms with Crippen LogP contribution in [0.4, 0.5) is 10.1 Å². The highest BCUT2D eigenvalue weighted by Gasteiger charge is 2.11. The molecule has 1 amide bonds. The van der Waals surface area contributed by atoms with Crippen molar-refractivity contribution in [3.05, 3.63) is 78.4 Å². The maximum Gasteiger partial charge on any atom is 0.257 e. The highest BCUT2D eigenvalue weighted by molar-refractivity contribution is 6.05. The molecule has 0 fully saturated rings. The summed E-state index contributed by atoms with van der Waals surface area (Å²) in [7, 11) is 0. The fourth-order valence-electron chi connectivity index (χ4n) is 2.65. The van der Waals surface area contributed by atoms with Crippen LogP contribution in [0.5, 0.6) is 0 Å². The normalized spacial score (nSPS) is 10.8. The average Bonchev–Trinajstić information content (AvgIpc) is 3.06. The standard InChI is InChI=1S/C19H13FN4O/c20-14-5-1-3-12(9-14)18-16-10-15(6-7-17(16)23-24-18)22-19(25)13-4-2-8-21-11-13/h1-11H,(H,22,25)(H,23,24). The van der Waals surface area contributed by atoms with Gasteiger partial charge in [0.2, 0.25) is 0 Å². The van der Waals surface area contributed by atoms with Gasteiger partial charge in [0.05, 0.1) is 11.1 Å². The van der Waals surface area contributed by atoms with Crippen LogP contribution in [0, 0.1) is 5.82 Å². The van der Waals surface area contributed by atoms with Crippen molar-refractivity contribution in [1.29, 1.82) is 0 Å². The number of nitrogens with zero attached hydrogens (tertiary/aromatic N) is 2. The van der Waals surface area contributed by atoms with E-state index < -0.39 is 0 Å². The van der Waals surface area contributed by atoms with Crippen molar-refractivity contribution < 1.29 is 9.18 Å². The van der Waals surface area contributed by atoms with Gasteiger partial charge < -0.3 is 5.32 Å². The monoisotopic (exact) mass is 332 g/mol. The fourth-order valence-corrected chi connectivity index (χ4v) is 2.65. The van der Waals surface area contributed by atoms with Gasteiger partial charge >= 0.3 is 0 Å². The largest absolute Gasteiger partial charge is 0.322 e. The van der Waals surface area contributed by atoms with E-state index in [9.17, 15) is 9.18 Å². The predicted molar refractivity (Wildman–Crippen MR) is 93.7 cm³/mol. The topological polar surface area (TPSA) is 70.7 Å². The Morgan fingerprint density at radius 2 is 2.00 bits per heavy atom. The Kier molecular flexibility index (Phi) is 3.70. The van der Waals surface area contributed by atoms with Gasteiger partial charge in [0.25, 0.3) is 5.91 Å². The maximum atomic E-state index is 13.5. The van der Waals surface area contributed by atoms with Gasteiger partial charge in [-0.1, -0.05) is 12.1 Å². The van der Waals surface area contributed by atoms with Gasteiger partial charge in [0.15, 0.2) is 0 Å². The van der Waals surface area contributed by atoms with E-state index in [0.717, 1.165) is 10.9 Å². The van der Waals surface area contributed by atoms with Crippen LogP contribution in [0.3, 0.4) is 0 Å². The van der Waals surface area contributed by atoms with Crippen LogP contribution in [0.15, 0.2) is 67.0 Å². The summed E-state index contributed by atoms with van der Waals surface area (Å²) in [5, 5.41) is 10.8. The smallest absolute Gasteiger partial charge is 0.257 e. The molecule has 0 spiro atoms. The first-order valence-electron chi connectivity index (χ1n) is 7.66. The number of hydrogen-bond donors (Lipinski definition) is 2. The zero-order valence-electron chi connectivity index (χ0n) is 13.0. The van der Waals surface area contributed by atoms with Gasteiger partial charge in [-0.25, -0.2) is 4.39 Å². The third kappa shape index (κ3) is 2.97. The number of nitrogens with one attached hydrogen (secondary N) is 2. The predicted octanol–water partition coefficient (Wildman–Crippen LogP) is 4.02. The van der Waals surface area contributed by atoms with E-state index in [4.69, 9.17) is 0 Å². The van der Waals surface area contributed by atoms with E-state index in [0.29, 0.717) is 22.5 Å². The van der Waals surface area contributed by atoms with Crippen molar-refractivity contribution in [3.8, 4) is 11.3 Å². The number of rotatable bonds is 3. The molecule has 0 unspecified atom stereocenters. The Morgan fingerprint density at radius 3 is 2.80 bits per heavy atom. The van der Waals surface area contributed by atoms with Gasteiger partial charge in [0, 0.05) is 29.0 Å². The molecule has 0 aliphatic heterocycles. The van der Waals surface area contributed by atoms with Crippen molar-refractivity contribution in [2.45, 2.75) is 0 Å². The zero-order valence-corrected chi connectivity index (χ0v) is 13.0. The molecule has 0 aliphatic carbocycles. The van der Waals surface area contributed by atoms with Gasteiger partial charge in [-0.2, -0.15) is 5.10 Å². The number of anilines is 1. The maximum absolute atomic E-state index is 13.5. The fraction of sp³-hybridized carbons (Fsp3) is 0. The molecule has 0 aliphatic rings. The summed E-state index contributed by atoms with van der Waals surface area (Å²) in [5.41, 5.74) is 3.20. The van der Waals surface area contributed by atoms with Gasteiger partial charge in [-0.15, -0.1) is 0 Å². The summed E-state index contributed by atoms with van der Waals surface area (Å²) in [4.78, 5) is 16.2. The lowest BCUT2D eigenvalue weighted by atomic mass is 10.1. The highest BCUT2D eigenvalue weighted by Crippen LogP contribution is 2.29. The quantitative estimate of drug-likeness (QED) is 0.595. The number of carbonyl (C=O) groups excluding carboxylic acids is 1. The third-order valence-corrected chi connectivity index (χ3v) is 3.84. The summed E-state index contributed by atoms with van der Waals surface area (Å²) >= 11 is 0. The van der Waals surface area contributed by atoms with E-state index in [1.165, 1.54) is 18.3 Å². The molecule has 6 heteroatoms. The molecular formula is C19H13FN4O. The van der Waals surface area contributed by atoms with Crippen LogP contribution in [0.1, 0.15) is 10.4 Å². The Labute approximate surface area is 142 Å². The van der Waals surface area contributed by atoms with Crippen molar-refractivity contribution in [1.82, 2.24) is 15.2 Å². The van der Waals surface area contributed by atoms with Crippen LogP contribution in [0.25, 0.3) is 22.2 Å². The lowest BCUT2D eigenvalue weighted by molar-refractivity contribution is 0.102. The SMILES string of the molecule is O=C(Nc1ccc2[nH]nc(-c3cccc(F)c3)c2c1)c1cccnc1. The summed E-state index contributed by atoms with van der Waals surface area (Å²) in [6.07, 6.45) is 3.11. The Balaban J connectivity index is 1.70. The highest BCUT2D eigenvalue weighted by atomic mass is 19.1. The molecule has 4 aromatic rings. The molecule has 25 heavy (non-hydrogen) atoms. The second-order valence-corrected chi connectivity index (χ2v) is 5.54. The average molecular weight is 332 g/mol. The van der Waals surface area contributed by atoms with Crippen molar-refractivity contribution in [2.24, 2.45) is 0 Å². The minimum Gasteiger partial charge on any atom is -0.322 e. The van der Waals surface area contributed by atoms with Crippen LogP contribution in [0.2, 0.25) is 0 Å². The molecule has 2 aromatic carbocycles. The summed E-state index contributed by atoms with van der Waals surface area (Å²) in [6.45, 7) is 0. The number of carbonyl (C=O) groups is 1. The molecule has 2 N–H and O–H groups in total. The van der Waals surface area contributed by atoms with E-state index in [1.807, 2.05) is 12.1 Å². The second-order valence-electron chi connectivity index (χ2n) is 5.54. The number of benzene rings is 2. The number of pyridine rings is 1. The van der Waals surface area contributed by atoms with E-state index in [2.05, 4.69) is 20.5 Å². The molecule has 0 atom stereocenters. The number of hydrogen-bond acceptors (Lipinski definition) is 3. The number of aromatic amines is 1. The Morgan fingerprint density at radius 1 is 1.08 bits per heavy atom. The molecule has 122 valence electrons. The first kappa shape index (κ1) is 15.0. The zero-order chi connectivity index (χ0) is 17.2. The molecule has 5 nitrogen and oxygen atoms in total. The lowest BCUT2D eigenvalue weighted by Gasteiger charge is -2.05. The molecule has 0 saturated carbocycles. The minimum atomic E-state index is -0.324. The Bertz CT molecular complexity index is 1060. The number of fused-ring (bicyclic) bond motifs is 1. The van der Waals surface area contributed by atoms with E-state index >= 15 is 0 Å². The molecule has 0 saturated heterocycles.